The zero-order valence-corrected chi connectivity index (χ0v) is 10.9. The van der Waals surface area contributed by atoms with Crippen molar-refractivity contribution in [1.82, 2.24) is 15.2 Å². The molecule has 0 atom stereocenters. The number of hydrogen-bond donors (Lipinski definition) is 2. The van der Waals surface area contributed by atoms with Gasteiger partial charge in [-0.1, -0.05) is 6.07 Å². The molecule has 0 saturated carbocycles. The fourth-order valence-corrected chi connectivity index (χ4v) is 2.07. The van der Waals surface area contributed by atoms with Crippen molar-refractivity contribution in [1.29, 1.82) is 0 Å². The van der Waals surface area contributed by atoms with Gasteiger partial charge in [-0.2, -0.15) is 0 Å². The van der Waals surface area contributed by atoms with Crippen LogP contribution in [0, 0.1) is 0 Å². The van der Waals surface area contributed by atoms with Crippen LogP contribution in [0.15, 0.2) is 30.5 Å². The average molecular weight is 245 g/mol. The van der Waals surface area contributed by atoms with E-state index < -0.39 is 0 Å². The fourth-order valence-electron chi connectivity index (χ4n) is 2.07. The SMILES string of the molecule is CNCCCN(C)C(=O)c1cccc2[nH]ccc12. The van der Waals surface area contributed by atoms with E-state index in [2.05, 4.69) is 10.3 Å². The normalized spacial score (nSPS) is 10.8. The smallest absolute Gasteiger partial charge is 0.254 e. The van der Waals surface area contributed by atoms with Crippen LogP contribution in [0.3, 0.4) is 0 Å². The number of rotatable bonds is 5. The molecule has 0 unspecified atom stereocenters. The predicted molar refractivity (Wildman–Crippen MR) is 73.8 cm³/mol. The van der Waals surface area contributed by atoms with Crippen LogP contribution in [0.2, 0.25) is 0 Å². The predicted octanol–water partition coefficient (Wildman–Crippen LogP) is 1.85. The van der Waals surface area contributed by atoms with Gasteiger partial charge in [-0.05, 0) is 38.2 Å². The minimum atomic E-state index is 0.0799. The summed E-state index contributed by atoms with van der Waals surface area (Å²) in [6.07, 6.45) is 2.82. The minimum absolute atomic E-state index is 0.0799. The lowest BCUT2D eigenvalue weighted by Gasteiger charge is -2.17. The van der Waals surface area contributed by atoms with Crippen LogP contribution in [0.4, 0.5) is 0 Å². The Labute approximate surface area is 107 Å². The molecule has 2 rings (SSSR count). The van der Waals surface area contributed by atoms with E-state index in [0.29, 0.717) is 0 Å². The molecular weight excluding hydrogens is 226 g/mol. The fraction of sp³-hybridized carbons (Fsp3) is 0.357. The second-order valence-corrected chi connectivity index (χ2v) is 4.43. The van der Waals surface area contributed by atoms with Crippen LogP contribution in [-0.2, 0) is 0 Å². The van der Waals surface area contributed by atoms with E-state index in [0.717, 1.165) is 36.0 Å². The van der Waals surface area contributed by atoms with E-state index in [1.165, 1.54) is 0 Å². The highest BCUT2D eigenvalue weighted by molar-refractivity contribution is 6.06. The van der Waals surface area contributed by atoms with Crippen LogP contribution >= 0.6 is 0 Å². The average Bonchev–Trinajstić information content (AvgIpc) is 2.86. The molecule has 1 amide bonds. The number of fused-ring (bicyclic) bond motifs is 1. The molecule has 0 radical (unpaired) electrons. The van der Waals surface area contributed by atoms with E-state index in [9.17, 15) is 4.79 Å². The van der Waals surface area contributed by atoms with E-state index in [1.807, 2.05) is 44.6 Å². The van der Waals surface area contributed by atoms with Gasteiger partial charge in [0.05, 0.1) is 0 Å². The summed E-state index contributed by atoms with van der Waals surface area (Å²) in [4.78, 5) is 17.2. The Balaban J connectivity index is 2.15. The summed E-state index contributed by atoms with van der Waals surface area (Å²) < 4.78 is 0. The van der Waals surface area contributed by atoms with Gasteiger partial charge in [0.1, 0.15) is 0 Å². The van der Waals surface area contributed by atoms with Crippen molar-refractivity contribution in [3.05, 3.63) is 36.0 Å². The molecular formula is C14H19N3O. The number of aromatic nitrogens is 1. The number of nitrogens with zero attached hydrogens (tertiary/aromatic N) is 1. The van der Waals surface area contributed by atoms with Gasteiger partial charge in [0, 0.05) is 36.3 Å². The summed E-state index contributed by atoms with van der Waals surface area (Å²) in [5.74, 6) is 0.0799. The molecule has 0 fully saturated rings. The summed E-state index contributed by atoms with van der Waals surface area (Å²) in [6, 6.07) is 7.72. The van der Waals surface area contributed by atoms with Crippen molar-refractivity contribution in [3.8, 4) is 0 Å². The van der Waals surface area contributed by atoms with Crippen LogP contribution in [-0.4, -0.2) is 43.0 Å². The van der Waals surface area contributed by atoms with Crippen molar-refractivity contribution in [2.45, 2.75) is 6.42 Å². The number of carbonyl (C=O) groups is 1. The second-order valence-electron chi connectivity index (χ2n) is 4.43. The Bertz CT molecular complexity index is 533. The summed E-state index contributed by atoms with van der Waals surface area (Å²) in [5, 5.41) is 4.07. The van der Waals surface area contributed by atoms with Gasteiger partial charge in [-0.15, -0.1) is 0 Å². The third kappa shape index (κ3) is 2.54. The summed E-state index contributed by atoms with van der Waals surface area (Å²) in [7, 11) is 3.77. The van der Waals surface area contributed by atoms with Gasteiger partial charge in [-0.3, -0.25) is 4.79 Å². The number of benzene rings is 1. The highest BCUT2D eigenvalue weighted by Gasteiger charge is 2.14. The van der Waals surface area contributed by atoms with E-state index >= 15 is 0 Å². The van der Waals surface area contributed by atoms with Crippen LogP contribution in [0.25, 0.3) is 10.9 Å². The molecule has 4 heteroatoms. The van der Waals surface area contributed by atoms with Gasteiger partial charge >= 0.3 is 0 Å². The Hall–Kier alpha value is -1.81. The van der Waals surface area contributed by atoms with Gasteiger partial charge in [0.15, 0.2) is 0 Å². The quantitative estimate of drug-likeness (QED) is 0.790. The first-order valence-corrected chi connectivity index (χ1v) is 6.20. The summed E-state index contributed by atoms with van der Waals surface area (Å²) in [6.45, 7) is 1.69. The molecule has 0 saturated heterocycles. The third-order valence-corrected chi connectivity index (χ3v) is 3.09. The van der Waals surface area contributed by atoms with Gasteiger partial charge < -0.3 is 15.2 Å². The standard InChI is InChI=1S/C14H19N3O/c1-15-8-4-10-17(2)14(18)12-5-3-6-13-11(12)7-9-16-13/h3,5-7,9,15-16H,4,8,10H2,1-2H3. The van der Waals surface area contributed by atoms with Gasteiger partial charge in [0.2, 0.25) is 0 Å². The lowest BCUT2D eigenvalue weighted by Crippen LogP contribution is -2.29. The number of nitrogens with one attached hydrogen (secondary N) is 2. The first-order chi connectivity index (χ1) is 8.74. The monoisotopic (exact) mass is 245 g/mol. The van der Waals surface area contributed by atoms with E-state index in [1.54, 1.807) is 4.90 Å². The summed E-state index contributed by atoms with van der Waals surface area (Å²) >= 11 is 0. The molecule has 1 aromatic carbocycles. The zero-order valence-electron chi connectivity index (χ0n) is 10.9. The number of aromatic amines is 1. The van der Waals surface area contributed by atoms with Crippen LogP contribution < -0.4 is 5.32 Å². The number of H-pyrrole nitrogens is 1. The van der Waals surface area contributed by atoms with E-state index in [4.69, 9.17) is 0 Å². The molecule has 0 spiro atoms. The number of carbonyl (C=O) groups excluding carboxylic acids is 1. The molecule has 0 bridgehead atoms. The van der Waals surface area contributed by atoms with Crippen LogP contribution in [0.1, 0.15) is 16.8 Å². The maximum absolute atomic E-state index is 12.3. The summed E-state index contributed by atoms with van der Waals surface area (Å²) in [5.41, 5.74) is 1.77. The Morgan fingerprint density at radius 3 is 3.00 bits per heavy atom. The van der Waals surface area contributed by atoms with E-state index in [-0.39, 0.29) is 5.91 Å². The second kappa shape index (κ2) is 5.69. The topological polar surface area (TPSA) is 48.1 Å². The molecule has 1 heterocycles. The minimum Gasteiger partial charge on any atom is -0.361 e. The highest BCUT2D eigenvalue weighted by Crippen LogP contribution is 2.18. The Kier molecular flexibility index (Phi) is 3.99. The highest BCUT2D eigenvalue weighted by atomic mass is 16.2. The Morgan fingerprint density at radius 2 is 2.22 bits per heavy atom. The molecule has 18 heavy (non-hydrogen) atoms. The van der Waals surface area contributed by atoms with Gasteiger partial charge in [0.25, 0.3) is 5.91 Å². The van der Waals surface area contributed by atoms with Gasteiger partial charge in [-0.25, -0.2) is 0 Å². The molecule has 0 aliphatic heterocycles. The van der Waals surface area contributed by atoms with Crippen molar-refractivity contribution in [3.63, 3.8) is 0 Å². The molecule has 96 valence electrons. The molecule has 1 aromatic heterocycles. The third-order valence-electron chi connectivity index (χ3n) is 3.09. The van der Waals surface area contributed by atoms with Crippen molar-refractivity contribution in [2.24, 2.45) is 0 Å². The number of amides is 1. The first-order valence-electron chi connectivity index (χ1n) is 6.20. The van der Waals surface area contributed by atoms with Crippen molar-refractivity contribution >= 4 is 16.8 Å². The lowest BCUT2D eigenvalue weighted by atomic mass is 10.1. The molecule has 0 aliphatic rings. The zero-order chi connectivity index (χ0) is 13.0. The maximum atomic E-state index is 12.3. The molecule has 2 N–H and O–H groups in total. The number of hydrogen-bond acceptors (Lipinski definition) is 2. The maximum Gasteiger partial charge on any atom is 0.254 e. The largest absolute Gasteiger partial charge is 0.361 e. The van der Waals surface area contributed by atoms with Crippen LogP contribution in [0.5, 0.6) is 0 Å². The van der Waals surface area contributed by atoms with Crippen molar-refractivity contribution < 1.29 is 4.79 Å². The lowest BCUT2D eigenvalue weighted by molar-refractivity contribution is 0.0795. The first kappa shape index (κ1) is 12.6. The molecule has 4 nitrogen and oxygen atoms in total. The molecule has 0 aliphatic carbocycles. The Morgan fingerprint density at radius 1 is 1.39 bits per heavy atom. The molecule has 2 aromatic rings. The van der Waals surface area contributed by atoms with Crippen molar-refractivity contribution in [2.75, 3.05) is 27.2 Å².